The van der Waals surface area contributed by atoms with Crippen molar-refractivity contribution in [2.24, 2.45) is 5.92 Å². The highest BCUT2D eigenvalue weighted by molar-refractivity contribution is 5.80. The number of nitrogens with zero attached hydrogens (tertiary/aromatic N) is 2. The third-order valence-electron chi connectivity index (χ3n) is 5.17. The lowest BCUT2D eigenvalue weighted by Crippen LogP contribution is -2.50. The number of hydrogen-bond acceptors (Lipinski definition) is 4. The molecule has 0 spiro atoms. The second-order valence-electron chi connectivity index (χ2n) is 6.91. The molecular weight excluding hydrogens is 314 g/mol. The summed E-state index contributed by atoms with van der Waals surface area (Å²) in [6.07, 6.45) is 3.78. The van der Waals surface area contributed by atoms with Gasteiger partial charge >= 0.3 is 0 Å². The van der Waals surface area contributed by atoms with Crippen LogP contribution in [-0.4, -0.2) is 43.5 Å². The molecular formula is C20H25N3O2. The summed E-state index contributed by atoms with van der Waals surface area (Å²) in [5.74, 6) is 1.37. The number of rotatable bonds is 6. The minimum absolute atomic E-state index is 0.107. The first-order valence-corrected chi connectivity index (χ1v) is 9.16. The van der Waals surface area contributed by atoms with Gasteiger partial charge in [0, 0.05) is 44.3 Å². The van der Waals surface area contributed by atoms with Crippen molar-refractivity contribution in [3.8, 4) is 0 Å². The number of hydrogen-bond donors (Lipinski definition) is 1. The first-order chi connectivity index (χ1) is 12.3. The molecule has 1 aromatic carbocycles. The van der Waals surface area contributed by atoms with Gasteiger partial charge in [-0.05, 0) is 37.1 Å². The number of carbonyl (C=O) groups excluding carboxylic acids is 1. The Bertz CT molecular complexity index is 674. The van der Waals surface area contributed by atoms with Gasteiger partial charge in [-0.25, -0.2) is 0 Å². The van der Waals surface area contributed by atoms with Crippen molar-refractivity contribution in [1.82, 2.24) is 10.2 Å². The molecule has 0 unspecified atom stereocenters. The predicted molar refractivity (Wildman–Crippen MR) is 97.4 cm³/mol. The second kappa shape index (κ2) is 7.31. The Morgan fingerprint density at radius 1 is 1.08 bits per heavy atom. The van der Waals surface area contributed by atoms with E-state index in [2.05, 4.69) is 45.4 Å². The van der Waals surface area contributed by atoms with Gasteiger partial charge in [-0.1, -0.05) is 18.2 Å². The summed E-state index contributed by atoms with van der Waals surface area (Å²) in [5.41, 5.74) is 1.28. The lowest BCUT2D eigenvalue weighted by molar-refractivity contribution is -0.122. The van der Waals surface area contributed by atoms with Gasteiger partial charge in [0.2, 0.25) is 5.91 Å². The fraction of sp³-hybridized carbons (Fsp3) is 0.450. The maximum atomic E-state index is 12.0. The van der Waals surface area contributed by atoms with Crippen LogP contribution in [0.2, 0.25) is 0 Å². The number of carbonyl (C=O) groups is 1. The standard InChI is InChI=1S/C20H25N3O2/c24-20(16-8-9-16)21-15-18(19-7-4-14-25-19)23-12-10-22(11-13-23)17-5-2-1-3-6-17/h1-7,14,16,18H,8-13,15H2,(H,21,24)/t18-/m1/s1. The van der Waals surface area contributed by atoms with Crippen LogP contribution in [0.3, 0.4) is 0 Å². The Balaban J connectivity index is 1.39. The summed E-state index contributed by atoms with van der Waals surface area (Å²) in [6, 6.07) is 14.6. The van der Waals surface area contributed by atoms with Gasteiger partial charge in [-0.3, -0.25) is 9.69 Å². The Kier molecular flexibility index (Phi) is 4.74. The van der Waals surface area contributed by atoms with E-state index < -0.39 is 0 Å². The summed E-state index contributed by atoms with van der Waals surface area (Å²) >= 11 is 0. The number of benzene rings is 1. The molecule has 1 saturated heterocycles. The van der Waals surface area contributed by atoms with Gasteiger partial charge in [-0.2, -0.15) is 0 Å². The van der Waals surface area contributed by atoms with Crippen molar-refractivity contribution in [3.05, 3.63) is 54.5 Å². The van der Waals surface area contributed by atoms with Crippen LogP contribution in [0, 0.1) is 5.92 Å². The van der Waals surface area contributed by atoms with Crippen LogP contribution in [0.5, 0.6) is 0 Å². The van der Waals surface area contributed by atoms with Crippen molar-refractivity contribution >= 4 is 11.6 Å². The minimum Gasteiger partial charge on any atom is -0.468 e. The molecule has 2 fully saturated rings. The molecule has 2 heterocycles. The predicted octanol–water partition coefficient (Wildman–Crippen LogP) is 2.67. The van der Waals surface area contributed by atoms with Crippen molar-refractivity contribution in [1.29, 1.82) is 0 Å². The molecule has 132 valence electrons. The highest BCUT2D eigenvalue weighted by atomic mass is 16.3. The Labute approximate surface area is 148 Å². The zero-order valence-electron chi connectivity index (χ0n) is 14.4. The number of piperazine rings is 1. The van der Waals surface area contributed by atoms with Gasteiger partial charge < -0.3 is 14.6 Å². The summed E-state index contributed by atoms with van der Waals surface area (Å²) in [7, 11) is 0. The van der Waals surface area contributed by atoms with Crippen LogP contribution in [0.25, 0.3) is 0 Å². The Morgan fingerprint density at radius 3 is 2.48 bits per heavy atom. The molecule has 4 rings (SSSR count). The third-order valence-corrected chi connectivity index (χ3v) is 5.17. The summed E-state index contributed by atoms with van der Waals surface area (Å²) in [5, 5.41) is 3.12. The summed E-state index contributed by atoms with van der Waals surface area (Å²) in [6.45, 7) is 4.50. The fourth-order valence-electron chi connectivity index (χ4n) is 3.51. The van der Waals surface area contributed by atoms with Crippen LogP contribution in [0.15, 0.2) is 53.1 Å². The van der Waals surface area contributed by atoms with E-state index in [-0.39, 0.29) is 17.9 Å². The fourth-order valence-corrected chi connectivity index (χ4v) is 3.51. The molecule has 0 radical (unpaired) electrons. The van der Waals surface area contributed by atoms with Gasteiger partial charge in [0.25, 0.3) is 0 Å². The number of nitrogens with one attached hydrogen (secondary N) is 1. The molecule has 1 amide bonds. The normalized spacial score (nSPS) is 19.6. The van der Waals surface area contributed by atoms with E-state index >= 15 is 0 Å². The average Bonchev–Trinajstić information content (AvgIpc) is 3.39. The number of amides is 1. The molecule has 1 aliphatic heterocycles. The third kappa shape index (κ3) is 3.87. The van der Waals surface area contributed by atoms with E-state index in [1.807, 2.05) is 12.1 Å². The van der Waals surface area contributed by atoms with E-state index in [1.54, 1.807) is 6.26 Å². The van der Waals surface area contributed by atoms with Crippen LogP contribution in [0.1, 0.15) is 24.6 Å². The maximum Gasteiger partial charge on any atom is 0.223 e. The van der Waals surface area contributed by atoms with Crippen molar-refractivity contribution in [2.45, 2.75) is 18.9 Å². The quantitative estimate of drug-likeness (QED) is 0.879. The van der Waals surface area contributed by atoms with Crippen LogP contribution in [0.4, 0.5) is 5.69 Å². The zero-order chi connectivity index (χ0) is 17.1. The average molecular weight is 339 g/mol. The molecule has 2 aromatic rings. The molecule has 25 heavy (non-hydrogen) atoms. The lowest BCUT2D eigenvalue weighted by atomic mass is 10.1. The summed E-state index contributed by atoms with van der Waals surface area (Å²) in [4.78, 5) is 16.9. The van der Waals surface area contributed by atoms with E-state index in [1.165, 1.54) is 5.69 Å². The molecule has 0 bridgehead atoms. The van der Waals surface area contributed by atoms with Gasteiger partial charge in [0.05, 0.1) is 12.3 Å². The van der Waals surface area contributed by atoms with Crippen molar-refractivity contribution < 1.29 is 9.21 Å². The van der Waals surface area contributed by atoms with Crippen molar-refractivity contribution in [3.63, 3.8) is 0 Å². The first-order valence-electron chi connectivity index (χ1n) is 9.16. The SMILES string of the molecule is O=C(NC[C@H](c1ccco1)N1CCN(c2ccccc2)CC1)C1CC1. The molecule has 1 aromatic heterocycles. The van der Waals surface area contributed by atoms with Gasteiger partial charge in [0.1, 0.15) is 5.76 Å². The molecule has 1 aliphatic carbocycles. The van der Waals surface area contributed by atoms with Crippen LogP contribution >= 0.6 is 0 Å². The Hall–Kier alpha value is -2.27. The van der Waals surface area contributed by atoms with Gasteiger partial charge in [0.15, 0.2) is 0 Å². The zero-order valence-corrected chi connectivity index (χ0v) is 14.4. The first kappa shape index (κ1) is 16.2. The van der Waals surface area contributed by atoms with E-state index in [0.717, 1.165) is 44.8 Å². The highest BCUT2D eigenvalue weighted by Crippen LogP contribution is 2.29. The van der Waals surface area contributed by atoms with Crippen LogP contribution in [-0.2, 0) is 4.79 Å². The number of furan rings is 1. The van der Waals surface area contributed by atoms with Gasteiger partial charge in [-0.15, -0.1) is 0 Å². The monoisotopic (exact) mass is 339 g/mol. The highest BCUT2D eigenvalue weighted by Gasteiger charge is 2.32. The number of para-hydroxylation sites is 1. The second-order valence-corrected chi connectivity index (χ2v) is 6.91. The van der Waals surface area contributed by atoms with Crippen LogP contribution < -0.4 is 10.2 Å². The van der Waals surface area contributed by atoms with Crippen molar-refractivity contribution in [2.75, 3.05) is 37.6 Å². The largest absolute Gasteiger partial charge is 0.468 e. The van der Waals surface area contributed by atoms with E-state index in [9.17, 15) is 4.79 Å². The molecule has 2 aliphatic rings. The van der Waals surface area contributed by atoms with E-state index in [4.69, 9.17) is 4.42 Å². The molecule has 1 saturated carbocycles. The molecule has 5 nitrogen and oxygen atoms in total. The Morgan fingerprint density at radius 2 is 1.84 bits per heavy atom. The van der Waals surface area contributed by atoms with E-state index in [0.29, 0.717) is 6.54 Å². The molecule has 5 heteroatoms. The smallest absolute Gasteiger partial charge is 0.223 e. The summed E-state index contributed by atoms with van der Waals surface area (Å²) < 4.78 is 5.66. The molecule has 1 atom stereocenters. The molecule has 1 N–H and O–H groups in total. The minimum atomic E-state index is 0.107. The number of anilines is 1. The maximum absolute atomic E-state index is 12.0. The topological polar surface area (TPSA) is 48.7 Å². The lowest BCUT2D eigenvalue weighted by Gasteiger charge is -2.39.